The van der Waals surface area contributed by atoms with Crippen LogP contribution in [0, 0.1) is 6.92 Å². The molecule has 0 fully saturated rings. The number of thiophene rings is 1. The number of aryl methyl sites for hydroxylation is 1. The van der Waals surface area contributed by atoms with E-state index in [1.54, 1.807) is 11.3 Å². The lowest BCUT2D eigenvalue weighted by Gasteiger charge is -1.89. The lowest BCUT2D eigenvalue weighted by Crippen LogP contribution is -1.95. The first-order chi connectivity index (χ1) is 6.31. The minimum atomic E-state index is 0.353. The first kappa shape index (κ1) is 8.47. The van der Waals surface area contributed by atoms with Gasteiger partial charge < -0.3 is 10.2 Å². The molecule has 2 heterocycles. The van der Waals surface area contributed by atoms with E-state index in [0.717, 1.165) is 16.3 Å². The summed E-state index contributed by atoms with van der Waals surface area (Å²) in [6.45, 7) is 2.28. The highest BCUT2D eigenvalue weighted by molar-refractivity contribution is 7.13. The fourth-order valence-electron chi connectivity index (χ4n) is 1.18. The molecule has 0 saturated carbocycles. The van der Waals surface area contributed by atoms with E-state index in [0.29, 0.717) is 12.4 Å². The Bertz CT molecular complexity index is 392. The molecular formula is C9H10N2OS. The van der Waals surface area contributed by atoms with Gasteiger partial charge in [-0.2, -0.15) is 0 Å². The van der Waals surface area contributed by atoms with Crippen molar-refractivity contribution < 1.29 is 4.42 Å². The summed E-state index contributed by atoms with van der Waals surface area (Å²) in [4.78, 5) is 5.30. The summed E-state index contributed by atoms with van der Waals surface area (Å²) in [5.41, 5.74) is 6.34. The zero-order chi connectivity index (χ0) is 9.26. The van der Waals surface area contributed by atoms with Crippen LogP contribution in [0.25, 0.3) is 10.6 Å². The smallest absolute Gasteiger partial charge is 0.208 e. The van der Waals surface area contributed by atoms with Gasteiger partial charge in [0.1, 0.15) is 0 Å². The highest BCUT2D eigenvalue weighted by atomic mass is 32.1. The molecule has 0 aliphatic carbocycles. The van der Waals surface area contributed by atoms with Gasteiger partial charge in [0.25, 0.3) is 0 Å². The summed E-state index contributed by atoms with van der Waals surface area (Å²) >= 11 is 1.64. The normalized spacial score (nSPS) is 10.6. The molecule has 2 rings (SSSR count). The Kier molecular flexibility index (Phi) is 2.16. The molecule has 68 valence electrons. The number of oxazole rings is 1. The minimum absolute atomic E-state index is 0.353. The standard InChI is InChI=1S/C9H10N2OS/c1-6-9(7-3-2-4-13-7)12-8(5-10)11-6/h2-4H,5,10H2,1H3. The number of nitrogens with two attached hydrogens (primary N) is 1. The number of nitrogens with zero attached hydrogens (tertiary/aromatic N) is 1. The van der Waals surface area contributed by atoms with Crippen LogP contribution in [0.1, 0.15) is 11.6 Å². The predicted octanol–water partition coefficient (Wildman–Crippen LogP) is 2.17. The van der Waals surface area contributed by atoms with E-state index in [2.05, 4.69) is 4.98 Å². The van der Waals surface area contributed by atoms with Crippen molar-refractivity contribution in [2.75, 3.05) is 0 Å². The Hall–Kier alpha value is -1.13. The van der Waals surface area contributed by atoms with Crippen molar-refractivity contribution in [2.45, 2.75) is 13.5 Å². The van der Waals surface area contributed by atoms with Gasteiger partial charge in [-0.15, -0.1) is 11.3 Å². The Morgan fingerprint density at radius 3 is 3.00 bits per heavy atom. The highest BCUT2D eigenvalue weighted by Gasteiger charge is 2.10. The monoisotopic (exact) mass is 194 g/mol. The molecule has 4 heteroatoms. The zero-order valence-corrected chi connectivity index (χ0v) is 8.10. The van der Waals surface area contributed by atoms with Crippen LogP contribution < -0.4 is 5.73 Å². The van der Waals surface area contributed by atoms with Gasteiger partial charge in [-0.25, -0.2) is 4.98 Å². The average Bonchev–Trinajstić information content (AvgIpc) is 2.72. The number of aromatic nitrogens is 1. The fraction of sp³-hybridized carbons (Fsp3) is 0.222. The molecular weight excluding hydrogens is 184 g/mol. The van der Waals surface area contributed by atoms with E-state index in [1.807, 2.05) is 24.4 Å². The molecule has 0 radical (unpaired) electrons. The molecule has 0 aromatic carbocycles. The molecule has 2 aromatic heterocycles. The molecule has 0 amide bonds. The van der Waals surface area contributed by atoms with Crippen molar-refractivity contribution in [1.82, 2.24) is 4.98 Å². The second kappa shape index (κ2) is 3.32. The molecule has 0 atom stereocenters. The van der Waals surface area contributed by atoms with Gasteiger partial charge in [0.15, 0.2) is 5.76 Å². The predicted molar refractivity (Wildman–Crippen MR) is 52.4 cm³/mol. The summed E-state index contributed by atoms with van der Waals surface area (Å²) in [7, 11) is 0. The Morgan fingerprint density at radius 1 is 1.62 bits per heavy atom. The van der Waals surface area contributed by atoms with Crippen LogP contribution in [-0.2, 0) is 6.54 Å². The lowest BCUT2D eigenvalue weighted by atomic mass is 10.3. The van der Waals surface area contributed by atoms with Crippen molar-refractivity contribution in [1.29, 1.82) is 0 Å². The van der Waals surface area contributed by atoms with Crippen molar-refractivity contribution in [3.63, 3.8) is 0 Å². The average molecular weight is 194 g/mol. The van der Waals surface area contributed by atoms with E-state index in [9.17, 15) is 0 Å². The van der Waals surface area contributed by atoms with Gasteiger partial charge >= 0.3 is 0 Å². The van der Waals surface area contributed by atoms with Crippen LogP contribution in [0.5, 0.6) is 0 Å². The Morgan fingerprint density at radius 2 is 2.46 bits per heavy atom. The molecule has 0 aliphatic rings. The van der Waals surface area contributed by atoms with E-state index >= 15 is 0 Å². The Labute approximate surface area is 80.2 Å². The first-order valence-corrected chi connectivity index (χ1v) is 4.89. The van der Waals surface area contributed by atoms with Crippen molar-refractivity contribution in [3.05, 3.63) is 29.1 Å². The van der Waals surface area contributed by atoms with Crippen molar-refractivity contribution >= 4 is 11.3 Å². The quantitative estimate of drug-likeness (QED) is 0.797. The molecule has 13 heavy (non-hydrogen) atoms. The lowest BCUT2D eigenvalue weighted by molar-refractivity contribution is 0.510. The highest BCUT2D eigenvalue weighted by Crippen LogP contribution is 2.28. The summed E-state index contributed by atoms with van der Waals surface area (Å²) < 4.78 is 5.48. The topological polar surface area (TPSA) is 52.0 Å². The first-order valence-electron chi connectivity index (χ1n) is 4.01. The minimum Gasteiger partial charge on any atom is -0.438 e. The van der Waals surface area contributed by atoms with Crippen molar-refractivity contribution in [3.8, 4) is 10.6 Å². The maximum absolute atomic E-state index is 5.48. The molecule has 0 unspecified atom stereocenters. The van der Waals surface area contributed by atoms with E-state index in [-0.39, 0.29) is 0 Å². The van der Waals surface area contributed by atoms with E-state index < -0.39 is 0 Å². The summed E-state index contributed by atoms with van der Waals surface area (Å²) in [5, 5.41) is 2.01. The van der Waals surface area contributed by atoms with Crippen LogP contribution in [0.4, 0.5) is 0 Å². The van der Waals surface area contributed by atoms with E-state index in [1.165, 1.54) is 0 Å². The maximum atomic E-state index is 5.48. The zero-order valence-electron chi connectivity index (χ0n) is 7.28. The largest absolute Gasteiger partial charge is 0.438 e. The third kappa shape index (κ3) is 1.50. The van der Waals surface area contributed by atoms with Crippen LogP contribution in [-0.4, -0.2) is 4.98 Å². The van der Waals surface area contributed by atoms with Gasteiger partial charge in [0.05, 0.1) is 17.1 Å². The van der Waals surface area contributed by atoms with Crippen LogP contribution in [0.3, 0.4) is 0 Å². The molecule has 2 aromatic rings. The van der Waals surface area contributed by atoms with Crippen LogP contribution >= 0.6 is 11.3 Å². The van der Waals surface area contributed by atoms with Crippen molar-refractivity contribution in [2.24, 2.45) is 5.73 Å². The van der Waals surface area contributed by atoms with Crippen LogP contribution in [0.2, 0.25) is 0 Å². The molecule has 3 nitrogen and oxygen atoms in total. The molecule has 0 saturated heterocycles. The van der Waals surface area contributed by atoms with E-state index in [4.69, 9.17) is 10.2 Å². The van der Waals surface area contributed by atoms with Gasteiger partial charge in [0, 0.05) is 0 Å². The number of hydrogen-bond acceptors (Lipinski definition) is 4. The van der Waals surface area contributed by atoms with Gasteiger partial charge in [-0.1, -0.05) is 6.07 Å². The molecule has 2 N–H and O–H groups in total. The maximum Gasteiger partial charge on any atom is 0.208 e. The second-order valence-electron chi connectivity index (χ2n) is 2.70. The van der Waals surface area contributed by atoms with Gasteiger partial charge in [-0.3, -0.25) is 0 Å². The molecule has 0 bridgehead atoms. The third-order valence-corrected chi connectivity index (χ3v) is 2.63. The number of rotatable bonds is 2. The molecule has 0 aliphatic heterocycles. The Balaban J connectivity index is 2.46. The van der Waals surface area contributed by atoms with Gasteiger partial charge in [0.2, 0.25) is 5.89 Å². The fourth-order valence-corrected chi connectivity index (χ4v) is 1.93. The summed E-state index contributed by atoms with van der Waals surface area (Å²) in [6, 6.07) is 4.00. The summed E-state index contributed by atoms with van der Waals surface area (Å²) in [5.74, 6) is 1.44. The summed E-state index contributed by atoms with van der Waals surface area (Å²) in [6.07, 6.45) is 0. The third-order valence-electron chi connectivity index (χ3n) is 1.76. The SMILES string of the molecule is Cc1nc(CN)oc1-c1cccs1. The second-order valence-corrected chi connectivity index (χ2v) is 3.65. The molecule has 0 spiro atoms. The van der Waals surface area contributed by atoms with Gasteiger partial charge in [-0.05, 0) is 18.4 Å². The number of hydrogen-bond donors (Lipinski definition) is 1. The van der Waals surface area contributed by atoms with Crippen LogP contribution in [0.15, 0.2) is 21.9 Å².